The molecular formula is C10H15NO2. The first-order valence-corrected chi connectivity index (χ1v) is 4.39. The Balaban J connectivity index is 2.90. The third-order valence-electron chi connectivity index (χ3n) is 1.80. The third kappa shape index (κ3) is 2.44. The van der Waals surface area contributed by atoms with E-state index in [-0.39, 0.29) is 6.54 Å². The second-order valence-corrected chi connectivity index (χ2v) is 2.72. The smallest absolute Gasteiger partial charge is 0.125 e. The van der Waals surface area contributed by atoms with Crippen molar-refractivity contribution in [2.45, 2.75) is 13.0 Å². The van der Waals surface area contributed by atoms with Crippen LogP contribution in [0.15, 0.2) is 24.3 Å². The van der Waals surface area contributed by atoms with E-state index in [1.165, 1.54) is 0 Å². The molecule has 0 unspecified atom stereocenters. The Labute approximate surface area is 78.1 Å². The van der Waals surface area contributed by atoms with Crippen molar-refractivity contribution in [2.24, 2.45) is 5.73 Å². The van der Waals surface area contributed by atoms with Gasteiger partial charge in [-0.15, -0.1) is 0 Å². The maximum atomic E-state index is 9.53. The first-order chi connectivity index (χ1) is 6.29. The molecule has 1 aromatic rings. The zero-order valence-corrected chi connectivity index (χ0v) is 7.73. The van der Waals surface area contributed by atoms with Crippen molar-refractivity contribution in [1.29, 1.82) is 0 Å². The van der Waals surface area contributed by atoms with Crippen LogP contribution < -0.4 is 10.5 Å². The van der Waals surface area contributed by atoms with Gasteiger partial charge < -0.3 is 15.6 Å². The molecule has 0 saturated carbocycles. The summed E-state index contributed by atoms with van der Waals surface area (Å²) in [6.45, 7) is 2.71. The molecular weight excluding hydrogens is 166 g/mol. The Bertz CT molecular complexity index is 263. The standard InChI is InChI=1S/C10H15NO2/c1-2-13-10-6-4-3-5-8(10)9(12)7-11/h3-6,9,12H,2,7,11H2,1H3/t9-/m1/s1. The largest absolute Gasteiger partial charge is 0.493 e. The fourth-order valence-electron chi connectivity index (χ4n) is 1.17. The molecule has 0 spiro atoms. The third-order valence-corrected chi connectivity index (χ3v) is 1.80. The highest BCUT2D eigenvalue weighted by atomic mass is 16.5. The van der Waals surface area contributed by atoms with Gasteiger partial charge in [-0.2, -0.15) is 0 Å². The van der Waals surface area contributed by atoms with Gasteiger partial charge in [0.25, 0.3) is 0 Å². The molecule has 0 aromatic heterocycles. The van der Waals surface area contributed by atoms with E-state index in [4.69, 9.17) is 10.5 Å². The molecule has 1 rings (SSSR count). The van der Waals surface area contributed by atoms with Gasteiger partial charge in [-0.1, -0.05) is 18.2 Å². The fraction of sp³-hybridized carbons (Fsp3) is 0.400. The van der Waals surface area contributed by atoms with Crippen LogP contribution in [0.1, 0.15) is 18.6 Å². The van der Waals surface area contributed by atoms with E-state index in [2.05, 4.69) is 0 Å². The van der Waals surface area contributed by atoms with Crippen molar-refractivity contribution in [2.75, 3.05) is 13.2 Å². The maximum Gasteiger partial charge on any atom is 0.125 e. The average molecular weight is 181 g/mol. The summed E-state index contributed by atoms with van der Waals surface area (Å²) in [5.41, 5.74) is 6.12. The van der Waals surface area contributed by atoms with E-state index >= 15 is 0 Å². The molecule has 1 atom stereocenters. The lowest BCUT2D eigenvalue weighted by Crippen LogP contribution is -2.12. The van der Waals surface area contributed by atoms with Gasteiger partial charge in [0.05, 0.1) is 12.7 Å². The molecule has 0 radical (unpaired) electrons. The number of hydrogen-bond acceptors (Lipinski definition) is 3. The van der Waals surface area contributed by atoms with Gasteiger partial charge in [-0.05, 0) is 13.0 Å². The molecule has 72 valence electrons. The van der Waals surface area contributed by atoms with Crippen LogP contribution in [-0.2, 0) is 0 Å². The van der Waals surface area contributed by atoms with Gasteiger partial charge in [0.2, 0.25) is 0 Å². The van der Waals surface area contributed by atoms with Crippen molar-refractivity contribution in [1.82, 2.24) is 0 Å². The van der Waals surface area contributed by atoms with Crippen molar-refractivity contribution >= 4 is 0 Å². The quantitative estimate of drug-likeness (QED) is 0.730. The van der Waals surface area contributed by atoms with Gasteiger partial charge in [0.1, 0.15) is 5.75 Å². The van der Waals surface area contributed by atoms with Crippen LogP contribution in [0.25, 0.3) is 0 Å². The molecule has 0 aliphatic carbocycles. The summed E-state index contributed by atoms with van der Waals surface area (Å²) in [5, 5.41) is 9.53. The van der Waals surface area contributed by atoms with Crippen LogP contribution in [0.4, 0.5) is 0 Å². The van der Waals surface area contributed by atoms with E-state index < -0.39 is 6.10 Å². The summed E-state index contributed by atoms with van der Waals surface area (Å²) < 4.78 is 5.34. The summed E-state index contributed by atoms with van der Waals surface area (Å²) >= 11 is 0. The molecule has 0 aliphatic rings. The Morgan fingerprint density at radius 1 is 1.46 bits per heavy atom. The van der Waals surface area contributed by atoms with Crippen LogP contribution >= 0.6 is 0 Å². The monoisotopic (exact) mass is 181 g/mol. The zero-order chi connectivity index (χ0) is 9.68. The molecule has 0 bridgehead atoms. The summed E-state index contributed by atoms with van der Waals surface area (Å²) in [4.78, 5) is 0. The average Bonchev–Trinajstić information content (AvgIpc) is 2.18. The van der Waals surface area contributed by atoms with Crippen LogP contribution in [-0.4, -0.2) is 18.3 Å². The van der Waals surface area contributed by atoms with E-state index in [0.29, 0.717) is 12.4 Å². The highest BCUT2D eigenvalue weighted by molar-refractivity contribution is 5.35. The Morgan fingerprint density at radius 3 is 2.77 bits per heavy atom. The van der Waals surface area contributed by atoms with Crippen molar-refractivity contribution < 1.29 is 9.84 Å². The molecule has 0 aliphatic heterocycles. The number of benzene rings is 1. The normalized spacial score (nSPS) is 12.5. The van der Waals surface area contributed by atoms with Crippen LogP contribution in [0, 0.1) is 0 Å². The molecule has 0 heterocycles. The molecule has 13 heavy (non-hydrogen) atoms. The first kappa shape index (κ1) is 10.0. The number of aliphatic hydroxyl groups is 1. The molecule has 3 N–H and O–H groups in total. The second-order valence-electron chi connectivity index (χ2n) is 2.72. The fourth-order valence-corrected chi connectivity index (χ4v) is 1.17. The summed E-state index contributed by atoms with van der Waals surface area (Å²) in [5.74, 6) is 0.711. The van der Waals surface area contributed by atoms with E-state index in [1.807, 2.05) is 31.2 Å². The topological polar surface area (TPSA) is 55.5 Å². The van der Waals surface area contributed by atoms with E-state index in [1.54, 1.807) is 0 Å². The van der Waals surface area contributed by atoms with Gasteiger partial charge in [-0.3, -0.25) is 0 Å². The first-order valence-electron chi connectivity index (χ1n) is 4.39. The number of para-hydroxylation sites is 1. The van der Waals surface area contributed by atoms with Crippen molar-refractivity contribution in [3.63, 3.8) is 0 Å². The summed E-state index contributed by atoms with van der Waals surface area (Å²) in [6, 6.07) is 7.38. The van der Waals surface area contributed by atoms with Crippen LogP contribution in [0.5, 0.6) is 5.75 Å². The molecule has 3 nitrogen and oxygen atoms in total. The minimum Gasteiger partial charge on any atom is -0.493 e. The lowest BCUT2D eigenvalue weighted by atomic mass is 10.1. The van der Waals surface area contributed by atoms with Gasteiger partial charge in [-0.25, -0.2) is 0 Å². The summed E-state index contributed by atoms with van der Waals surface area (Å²) in [6.07, 6.45) is -0.636. The number of aliphatic hydroxyl groups excluding tert-OH is 1. The minimum atomic E-state index is -0.636. The van der Waals surface area contributed by atoms with Crippen molar-refractivity contribution in [3.8, 4) is 5.75 Å². The van der Waals surface area contributed by atoms with E-state index in [0.717, 1.165) is 5.56 Å². The second kappa shape index (κ2) is 4.84. The zero-order valence-electron chi connectivity index (χ0n) is 7.73. The highest BCUT2D eigenvalue weighted by Gasteiger charge is 2.10. The number of hydrogen-bond donors (Lipinski definition) is 2. The lowest BCUT2D eigenvalue weighted by Gasteiger charge is -2.13. The highest BCUT2D eigenvalue weighted by Crippen LogP contribution is 2.23. The van der Waals surface area contributed by atoms with Gasteiger partial charge in [0, 0.05) is 12.1 Å². The van der Waals surface area contributed by atoms with Crippen LogP contribution in [0.2, 0.25) is 0 Å². The number of nitrogens with two attached hydrogens (primary N) is 1. The maximum absolute atomic E-state index is 9.53. The Hall–Kier alpha value is -1.06. The Morgan fingerprint density at radius 2 is 2.15 bits per heavy atom. The molecule has 0 saturated heterocycles. The molecule has 3 heteroatoms. The molecule has 0 amide bonds. The van der Waals surface area contributed by atoms with E-state index in [9.17, 15) is 5.11 Å². The summed E-state index contributed by atoms with van der Waals surface area (Å²) in [7, 11) is 0. The molecule has 1 aromatic carbocycles. The predicted molar refractivity (Wildman–Crippen MR) is 51.6 cm³/mol. The lowest BCUT2D eigenvalue weighted by molar-refractivity contribution is 0.180. The SMILES string of the molecule is CCOc1ccccc1[C@H](O)CN. The van der Waals surface area contributed by atoms with Crippen molar-refractivity contribution in [3.05, 3.63) is 29.8 Å². The van der Waals surface area contributed by atoms with Crippen LogP contribution in [0.3, 0.4) is 0 Å². The Kier molecular flexibility index (Phi) is 3.73. The minimum absolute atomic E-state index is 0.212. The predicted octanol–water partition coefficient (Wildman–Crippen LogP) is 1.08. The number of ether oxygens (including phenoxy) is 1. The van der Waals surface area contributed by atoms with Gasteiger partial charge in [0.15, 0.2) is 0 Å². The van der Waals surface area contributed by atoms with Gasteiger partial charge >= 0.3 is 0 Å². The number of rotatable bonds is 4. The molecule has 0 fully saturated rings.